The number of pyridine rings is 1. The number of carbonyl (C=O) groups excluding carboxylic acids is 1. The third-order valence-corrected chi connectivity index (χ3v) is 6.30. The highest BCUT2D eigenvalue weighted by Crippen LogP contribution is 2.33. The van der Waals surface area contributed by atoms with Crippen molar-refractivity contribution in [2.45, 2.75) is 45.2 Å². The summed E-state index contributed by atoms with van der Waals surface area (Å²) in [6.45, 7) is 3.85. The van der Waals surface area contributed by atoms with Crippen LogP contribution in [0.2, 0.25) is 0 Å². The summed E-state index contributed by atoms with van der Waals surface area (Å²) in [6, 6.07) is 11.8. The van der Waals surface area contributed by atoms with Crippen LogP contribution in [0.5, 0.6) is 11.5 Å². The fraction of sp³-hybridized carbons (Fsp3) is 0.321. The van der Waals surface area contributed by atoms with Gasteiger partial charge in [0.25, 0.3) is 5.91 Å². The van der Waals surface area contributed by atoms with Crippen LogP contribution < -0.4 is 20.3 Å². The summed E-state index contributed by atoms with van der Waals surface area (Å²) in [5, 5.41) is 7.36. The van der Waals surface area contributed by atoms with Crippen molar-refractivity contribution in [3.05, 3.63) is 82.9 Å². The van der Waals surface area contributed by atoms with E-state index in [4.69, 9.17) is 4.74 Å². The molecule has 0 fully saturated rings. The molecule has 0 aliphatic carbocycles. The largest absolute Gasteiger partial charge is 0.573 e. The maximum Gasteiger partial charge on any atom is 0.573 e. The number of carbonyl (C=O) groups is 1. The maximum absolute atomic E-state index is 13.8. The molecule has 4 rings (SSSR count). The molecule has 13 heteroatoms. The standard InChI is InChI=1S/C28H27F5N4O4/c1-16(2)24(35-26(39)27(3,29)30)25(17-5-8-20(9-6-17)41-28(31,32)33)40-21-10-11-22-18(13-21)14-34-37(22)19-7-12-23(38)36(4)15-19/h5-16,24-25H,1-4H3,(H,35,39)/t24-,25+/m0/s1. The molecule has 0 unspecified atom stereocenters. The van der Waals surface area contributed by atoms with Gasteiger partial charge in [-0.25, -0.2) is 4.68 Å². The number of alkyl halides is 5. The van der Waals surface area contributed by atoms with Crippen molar-refractivity contribution < 1.29 is 36.2 Å². The highest BCUT2D eigenvalue weighted by Gasteiger charge is 2.38. The molecule has 2 aromatic heterocycles. The zero-order valence-corrected chi connectivity index (χ0v) is 22.4. The first-order valence-corrected chi connectivity index (χ1v) is 12.5. The summed E-state index contributed by atoms with van der Waals surface area (Å²) in [5.74, 6) is -5.79. The molecule has 0 aliphatic rings. The molecular weight excluding hydrogens is 551 g/mol. The van der Waals surface area contributed by atoms with Gasteiger partial charge in [-0.05, 0) is 47.9 Å². The Kier molecular flexibility index (Phi) is 8.09. The number of aromatic nitrogens is 3. The monoisotopic (exact) mass is 578 g/mol. The molecule has 2 aromatic carbocycles. The summed E-state index contributed by atoms with van der Waals surface area (Å²) in [7, 11) is 1.61. The molecule has 8 nitrogen and oxygen atoms in total. The van der Waals surface area contributed by atoms with Gasteiger partial charge in [0, 0.05) is 31.6 Å². The number of nitrogens with zero attached hydrogens (tertiary/aromatic N) is 3. The van der Waals surface area contributed by atoms with E-state index in [-0.39, 0.29) is 5.56 Å². The minimum absolute atomic E-state index is 0.183. The SMILES string of the molecule is CC(C)[C@H](NC(=O)C(C)(F)F)[C@H](Oc1ccc2c(cnn2-c2ccc(=O)n(C)c2)c1)c1ccc(OC(F)(F)F)cc1. The van der Waals surface area contributed by atoms with Crippen LogP contribution in [0.3, 0.4) is 0 Å². The number of hydrogen-bond acceptors (Lipinski definition) is 5. The van der Waals surface area contributed by atoms with Gasteiger partial charge in [0.2, 0.25) is 5.56 Å². The van der Waals surface area contributed by atoms with E-state index in [1.165, 1.54) is 22.8 Å². The second-order valence-corrected chi connectivity index (χ2v) is 9.90. The topological polar surface area (TPSA) is 87.4 Å². The van der Waals surface area contributed by atoms with E-state index in [9.17, 15) is 31.5 Å². The molecule has 0 aliphatic heterocycles. The lowest BCUT2D eigenvalue weighted by Gasteiger charge is -2.32. The Labute approximate surface area is 231 Å². The molecule has 2 heterocycles. The first kappa shape index (κ1) is 29.6. The molecule has 1 amide bonds. The molecule has 2 atom stereocenters. The number of hydrogen-bond donors (Lipinski definition) is 1. The van der Waals surface area contributed by atoms with Crippen molar-refractivity contribution >= 4 is 16.8 Å². The fourth-order valence-corrected chi connectivity index (χ4v) is 4.22. The van der Waals surface area contributed by atoms with Gasteiger partial charge in [0.1, 0.15) is 17.6 Å². The Morgan fingerprint density at radius 1 is 0.976 bits per heavy atom. The summed E-state index contributed by atoms with van der Waals surface area (Å²) >= 11 is 0. The fourth-order valence-electron chi connectivity index (χ4n) is 4.22. The van der Waals surface area contributed by atoms with Gasteiger partial charge in [0.15, 0.2) is 0 Å². The Hall–Kier alpha value is -4.42. The summed E-state index contributed by atoms with van der Waals surface area (Å²) in [6.07, 6.45) is -2.77. The van der Waals surface area contributed by atoms with Crippen LogP contribution in [0.15, 0.2) is 71.8 Å². The summed E-state index contributed by atoms with van der Waals surface area (Å²) < 4.78 is 78.8. The molecule has 41 heavy (non-hydrogen) atoms. The first-order valence-electron chi connectivity index (χ1n) is 12.5. The van der Waals surface area contributed by atoms with Crippen LogP contribution >= 0.6 is 0 Å². The number of ether oxygens (including phenoxy) is 2. The van der Waals surface area contributed by atoms with Crippen molar-refractivity contribution in [2.75, 3.05) is 0 Å². The zero-order valence-electron chi connectivity index (χ0n) is 22.4. The van der Waals surface area contributed by atoms with Crippen molar-refractivity contribution in [3.8, 4) is 17.2 Å². The molecule has 0 bridgehead atoms. The van der Waals surface area contributed by atoms with Gasteiger partial charge in [-0.15, -0.1) is 13.2 Å². The van der Waals surface area contributed by atoms with E-state index in [0.29, 0.717) is 34.8 Å². The van der Waals surface area contributed by atoms with E-state index in [1.54, 1.807) is 62.2 Å². The number of halogens is 5. The minimum atomic E-state index is -4.90. The molecule has 1 N–H and O–H groups in total. The van der Waals surface area contributed by atoms with Crippen LogP contribution in [0.1, 0.15) is 32.4 Å². The second-order valence-electron chi connectivity index (χ2n) is 9.90. The predicted molar refractivity (Wildman–Crippen MR) is 140 cm³/mol. The van der Waals surface area contributed by atoms with Crippen LogP contribution in [-0.4, -0.2) is 38.6 Å². The average molecular weight is 579 g/mol. The highest BCUT2D eigenvalue weighted by atomic mass is 19.4. The lowest BCUT2D eigenvalue weighted by Crippen LogP contribution is -2.49. The third kappa shape index (κ3) is 7.02. The Balaban J connectivity index is 1.71. The highest BCUT2D eigenvalue weighted by molar-refractivity contribution is 5.83. The Bertz CT molecular complexity index is 1590. The second kappa shape index (κ2) is 11.2. The number of fused-ring (bicyclic) bond motifs is 1. The van der Waals surface area contributed by atoms with Crippen LogP contribution in [0.25, 0.3) is 16.6 Å². The number of amides is 1. The van der Waals surface area contributed by atoms with Gasteiger partial charge < -0.3 is 19.4 Å². The summed E-state index contributed by atoms with van der Waals surface area (Å²) in [4.78, 5) is 24.0. The molecule has 218 valence electrons. The van der Waals surface area contributed by atoms with E-state index < -0.39 is 42.0 Å². The van der Waals surface area contributed by atoms with Crippen molar-refractivity contribution in [2.24, 2.45) is 13.0 Å². The smallest absolute Gasteiger partial charge is 0.484 e. The average Bonchev–Trinajstić information content (AvgIpc) is 3.30. The number of rotatable bonds is 9. The quantitative estimate of drug-likeness (QED) is 0.264. The van der Waals surface area contributed by atoms with Gasteiger partial charge in [-0.2, -0.15) is 13.9 Å². The van der Waals surface area contributed by atoms with Crippen molar-refractivity contribution in [1.29, 1.82) is 0 Å². The van der Waals surface area contributed by atoms with E-state index in [0.717, 1.165) is 12.1 Å². The number of aryl methyl sites for hydroxylation is 1. The molecule has 0 saturated heterocycles. The lowest BCUT2D eigenvalue weighted by molar-refractivity contribution is -0.274. The van der Waals surface area contributed by atoms with Crippen LogP contribution in [-0.2, 0) is 11.8 Å². The van der Waals surface area contributed by atoms with Crippen LogP contribution in [0, 0.1) is 5.92 Å². The molecule has 4 aromatic rings. The van der Waals surface area contributed by atoms with E-state index in [1.807, 2.05) is 0 Å². The molecule has 0 saturated carbocycles. The minimum Gasteiger partial charge on any atom is -0.484 e. The number of benzene rings is 2. The van der Waals surface area contributed by atoms with Gasteiger partial charge in [-0.1, -0.05) is 26.0 Å². The van der Waals surface area contributed by atoms with Gasteiger partial charge in [0.05, 0.1) is 23.4 Å². The van der Waals surface area contributed by atoms with E-state index >= 15 is 0 Å². The molecule has 0 radical (unpaired) electrons. The normalized spacial score (nSPS) is 13.7. The van der Waals surface area contributed by atoms with Crippen molar-refractivity contribution in [1.82, 2.24) is 19.7 Å². The first-order chi connectivity index (χ1) is 19.1. The molecular formula is C28H27F5N4O4. The third-order valence-electron chi connectivity index (χ3n) is 6.30. The predicted octanol–water partition coefficient (Wildman–Crippen LogP) is 5.54. The van der Waals surface area contributed by atoms with Gasteiger partial charge >= 0.3 is 12.3 Å². The summed E-state index contributed by atoms with van der Waals surface area (Å²) in [5.41, 5.74) is 1.45. The van der Waals surface area contributed by atoms with Crippen molar-refractivity contribution in [3.63, 3.8) is 0 Å². The Morgan fingerprint density at radius 2 is 1.63 bits per heavy atom. The zero-order chi connectivity index (χ0) is 30.1. The van der Waals surface area contributed by atoms with Crippen LogP contribution in [0.4, 0.5) is 22.0 Å². The van der Waals surface area contributed by atoms with E-state index in [2.05, 4.69) is 15.2 Å². The molecule has 0 spiro atoms. The maximum atomic E-state index is 13.8. The number of nitrogens with one attached hydrogen (secondary N) is 1. The van der Waals surface area contributed by atoms with Gasteiger partial charge in [-0.3, -0.25) is 9.59 Å². The Morgan fingerprint density at radius 3 is 2.22 bits per heavy atom. The lowest BCUT2D eigenvalue weighted by atomic mass is 9.92.